The molecule has 1 N–H and O–H groups in total. The van der Waals surface area contributed by atoms with E-state index in [0.717, 1.165) is 22.3 Å². The van der Waals surface area contributed by atoms with Gasteiger partial charge in [-0.1, -0.05) is 24.3 Å². The van der Waals surface area contributed by atoms with Crippen LogP contribution in [0.2, 0.25) is 0 Å². The first-order valence-electron chi connectivity index (χ1n) is 7.51. The van der Waals surface area contributed by atoms with Gasteiger partial charge >= 0.3 is 5.97 Å². The maximum Gasteiger partial charge on any atom is 0.316 e. The van der Waals surface area contributed by atoms with Crippen molar-refractivity contribution in [2.75, 3.05) is 12.4 Å². The Labute approximate surface area is 148 Å². The molecule has 0 saturated carbocycles. The maximum atomic E-state index is 12.4. The number of thiophene rings is 1. The molecule has 0 aliphatic heterocycles. The average Bonchev–Trinajstić information content (AvgIpc) is 3.19. The van der Waals surface area contributed by atoms with Gasteiger partial charge in [0.25, 0.3) is 0 Å². The molecule has 124 valence electrons. The second kappa shape index (κ2) is 7.68. The predicted octanol–water partition coefficient (Wildman–Crippen LogP) is 4.20. The van der Waals surface area contributed by atoms with Gasteiger partial charge in [0, 0.05) is 32.8 Å². The van der Waals surface area contributed by atoms with Gasteiger partial charge in [-0.15, -0.1) is 23.1 Å². The number of hydrogen-bond acceptors (Lipinski definition) is 5. The number of rotatable bonds is 7. The van der Waals surface area contributed by atoms with E-state index in [-0.39, 0.29) is 24.1 Å². The summed E-state index contributed by atoms with van der Waals surface area (Å²) in [6, 6.07) is 11.6. The molecular weight excluding hydrogens is 342 g/mol. The lowest BCUT2D eigenvalue weighted by atomic mass is 10.1. The highest BCUT2D eigenvalue weighted by Gasteiger charge is 2.17. The Kier molecular flexibility index (Phi) is 5.37. The maximum absolute atomic E-state index is 12.4. The number of esters is 1. The van der Waals surface area contributed by atoms with Gasteiger partial charge in [-0.25, -0.2) is 0 Å². The minimum absolute atomic E-state index is 0.179. The number of aromatic nitrogens is 1. The summed E-state index contributed by atoms with van der Waals surface area (Å²) in [6.45, 7) is 1.63. The van der Waals surface area contributed by atoms with E-state index in [4.69, 9.17) is 4.74 Å². The van der Waals surface area contributed by atoms with Crippen molar-refractivity contribution in [1.29, 1.82) is 0 Å². The van der Waals surface area contributed by atoms with Crippen LogP contribution in [0.1, 0.15) is 20.9 Å². The lowest BCUT2D eigenvalue weighted by Gasteiger charge is -2.04. The molecule has 0 saturated heterocycles. The average molecular weight is 359 g/mol. The molecule has 4 nitrogen and oxygen atoms in total. The van der Waals surface area contributed by atoms with Crippen molar-refractivity contribution < 1.29 is 14.3 Å². The second-order valence-corrected chi connectivity index (χ2v) is 7.34. The number of aromatic amines is 1. The van der Waals surface area contributed by atoms with Crippen molar-refractivity contribution in [1.82, 2.24) is 4.98 Å². The van der Waals surface area contributed by atoms with Crippen LogP contribution in [0, 0.1) is 6.92 Å². The van der Waals surface area contributed by atoms with Gasteiger partial charge in [0.2, 0.25) is 5.78 Å². The minimum Gasteiger partial charge on any atom is -0.457 e. The van der Waals surface area contributed by atoms with E-state index in [1.165, 1.54) is 16.6 Å². The Hall–Kier alpha value is -2.05. The number of carbonyl (C=O) groups excluding carboxylic acids is 2. The highest BCUT2D eigenvalue weighted by atomic mass is 32.2. The van der Waals surface area contributed by atoms with Gasteiger partial charge in [0.1, 0.15) is 0 Å². The zero-order valence-electron chi connectivity index (χ0n) is 13.2. The molecular formula is C18H17NO3S2. The Morgan fingerprint density at radius 1 is 1.21 bits per heavy atom. The third kappa shape index (κ3) is 3.88. The summed E-state index contributed by atoms with van der Waals surface area (Å²) >= 11 is 3.16. The number of para-hydroxylation sites is 1. The van der Waals surface area contributed by atoms with Crippen molar-refractivity contribution in [2.24, 2.45) is 0 Å². The SMILES string of the molecule is Cc1[nH]c2ccccc2c1C(=O)COC(=O)CSCc1cccs1. The second-order valence-electron chi connectivity index (χ2n) is 5.33. The van der Waals surface area contributed by atoms with Crippen molar-refractivity contribution >= 4 is 45.8 Å². The van der Waals surface area contributed by atoms with Crippen LogP contribution in [0.25, 0.3) is 10.9 Å². The largest absolute Gasteiger partial charge is 0.457 e. The predicted molar refractivity (Wildman–Crippen MR) is 98.8 cm³/mol. The number of thioether (sulfide) groups is 1. The van der Waals surface area contributed by atoms with Crippen LogP contribution in [0.15, 0.2) is 41.8 Å². The van der Waals surface area contributed by atoms with Crippen LogP contribution in [0.4, 0.5) is 0 Å². The van der Waals surface area contributed by atoms with E-state index in [1.54, 1.807) is 11.3 Å². The van der Waals surface area contributed by atoms with E-state index in [1.807, 2.05) is 48.7 Å². The first-order chi connectivity index (χ1) is 11.6. The highest BCUT2D eigenvalue weighted by Crippen LogP contribution is 2.22. The fourth-order valence-electron chi connectivity index (χ4n) is 2.53. The van der Waals surface area contributed by atoms with Gasteiger partial charge < -0.3 is 9.72 Å². The number of carbonyl (C=O) groups is 2. The van der Waals surface area contributed by atoms with Gasteiger partial charge in [0.05, 0.1) is 5.75 Å². The van der Waals surface area contributed by atoms with Crippen molar-refractivity contribution in [3.05, 3.63) is 57.9 Å². The van der Waals surface area contributed by atoms with Crippen molar-refractivity contribution in [3.63, 3.8) is 0 Å². The van der Waals surface area contributed by atoms with Crippen LogP contribution in [0.3, 0.4) is 0 Å². The molecule has 0 fully saturated rings. The van der Waals surface area contributed by atoms with E-state index in [2.05, 4.69) is 4.98 Å². The fraction of sp³-hybridized carbons (Fsp3) is 0.222. The number of nitrogens with one attached hydrogen (secondary N) is 1. The summed E-state index contributed by atoms with van der Waals surface area (Å²) in [5.74, 6) is 0.490. The first kappa shape index (κ1) is 16.8. The zero-order valence-corrected chi connectivity index (χ0v) is 14.8. The van der Waals surface area contributed by atoms with Crippen molar-refractivity contribution in [3.8, 4) is 0 Å². The minimum atomic E-state index is -0.359. The summed E-state index contributed by atoms with van der Waals surface area (Å²) in [5, 5.41) is 2.87. The van der Waals surface area contributed by atoms with Crippen LogP contribution in [0.5, 0.6) is 0 Å². The van der Waals surface area contributed by atoms with E-state index in [9.17, 15) is 9.59 Å². The molecule has 0 bridgehead atoms. The fourth-order valence-corrected chi connectivity index (χ4v) is 4.19. The quantitative estimate of drug-likeness (QED) is 0.507. The van der Waals surface area contributed by atoms with E-state index >= 15 is 0 Å². The molecule has 2 aromatic heterocycles. The molecule has 3 aromatic rings. The highest BCUT2D eigenvalue weighted by molar-refractivity contribution is 7.99. The van der Waals surface area contributed by atoms with Gasteiger partial charge in [-0.2, -0.15) is 0 Å². The van der Waals surface area contributed by atoms with Crippen LogP contribution in [-0.2, 0) is 15.3 Å². The normalized spacial score (nSPS) is 10.9. The number of fused-ring (bicyclic) bond motifs is 1. The Balaban J connectivity index is 1.53. The number of hydrogen-bond donors (Lipinski definition) is 1. The van der Waals surface area contributed by atoms with Crippen molar-refractivity contribution in [2.45, 2.75) is 12.7 Å². The van der Waals surface area contributed by atoms with Gasteiger partial charge in [0.15, 0.2) is 6.61 Å². The molecule has 0 unspecified atom stereocenters. The summed E-state index contributed by atoms with van der Waals surface area (Å²) in [4.78, 5) is 28.6. The molecule has 6 heteroatoms. The lowest BCUT2D eigenvalue weighted by molar-refractivity contribution is -0.139. The Morgan fingerprint density at radius 3 is 2.83 bits per heavy atom. The summed E-state index contributed by atoms with van der Waals surface area (Å²) in [5.41, 5.74) is 2.31. The molecule has 0 aliphatic rings. The van der Waals surface area contributed by atoms with Crippen LogP contribution in [-0.4, -0.2) is 29.1 Å². The van der Waals surface area contributed by atoms with Gasteiger partial charge in [-0.3, -0.25) is 9.59 Å². The lowest BCUT2D eigenvalue weighted by Crippen LogP contribution is -2.16. The molecule has 2 heterocycles. The summed E-state index contributed by atoms with van der Waals surface area (Å²) in [7, 11) is 0. The van der Waals surface area contributed by atoms with Gasteiger partial charge in [-0.05, 0) is 24.4 Å². The Morgan fingerprint density at radius 2 is 2.04 bits per heavy atom. The third-order valence-electron chi connectivity index (χ3n) is 3.58. The zero-order chi connectivity index (χ0) is 16.9. The summed E-state index contributed by atoms with van der Waals surface area (Å²) in [6.07, 6.45) is 0. The first-order valence-corrected chi connectivity index (χ1v) is 9.55. The van der Waals surface area contributed by atoms with Crippen LogP contribution >= 0.6 is 23.1 Å². The smallest absolute Gasteiger partial charge is 0.316 e. The molecule has 0 aliphatic carbocycles. The molecule has 0 spiro atoms. The number of ether oxygens (including phenoxy) is 1. The number of Topliss-reactive ketones (excluding diaryl/α,β-unsaturated/α-hetero) is 1. The number of benzene rings is 1. The number of ketones is 1. The molecule has 24 heavy (non-hydrogen) atoms. The number of aryl methyl sites for hydroxylation is 1. The molecule has 3 rings (SSSR count). The topological polar surface area (TPSA) is 59.2 Å². The molecule has 0 atom stereocenters. The number of H-pyrrole nitrogens is 1. The monoisotopic (exact) mass is 359 g/mol. The molecule has 0 radical (unpaired) electrons. The molecule has 0 amide bonds. The molecule has 1 aromatic carbocycles. The van der Waals surface area contributed by atoms with E-state index < -0.39 is 0 Å². The standard InChI is InChI=1S/C18H17NO3S2/c1-12-18(14-6-2-3-7-15(14)19-12)16(20)9-22-17(21)11-23-10-13-5-4-8-24-13/h2-8,19H,9-11H2,1H3. The van der Waals surface area contributed by atoms with E-state index in [0.29, 0.717) is 5.56 Å². The summed E-state index contributed by atoms with van der Waals surface area (Å²) < 4.78 is 5.13. The third-order valence-corrected chi connectivity index (χ3v) is 5.60. The Bertz CT molecular complexity index is 852. The van der Waals surface area contributed by atoms with Crippen LogP contribution < -0.4 is 0 Å².